The Bertz CT molecular complexity index is 379. The second-order valence-corrected chi connectivity index (χ2v) is 3.52. The number of carboxylic acids is 1. The number of carbonyl (C=O) groups is 1. The number of aliphatic carboxylic acids is 1. The maximum absolute atomic E-state index is 13.4. The molecule has 3 nitrogen and oxygen atoms in total. The van der Waals surface area contributed by atoms with Gasteiger partial charge in [0.05, 0.1) is 13.5 Å². The third kappa shape index (κ3) is 2.92. The van der Waals surface area contributed by atoms with Crippen molar-refractivity contribution >= 4 is 21.9 Å². The molecule has 0 spiro atoms. The molecule has 0 saturated heterocycles. The zero-order valence-corrected chi connectivity index (χ0v) is 9.67. The Hall–Kier alpha value is -1.10. The van der Waals surface area contributed by atoms with E-state index in [2.05, 4.69) is 15.9 Å². The van der Waals surface area contributed by atoms with Crippen LogP contribution in [0.4, 0.5) is 4.39 Å². The first-order valence-electron chi connectivity index (χ1n) is 4.21. The molecule has 0 unspecified atom stereocenters. The zero-order chi connectivity index (χ0) is 11.4. The normalized spacial score (nSPS) is 10.1. The van der Waals surface area contributed by atoms with E-state index in [1.807, 2.05) is 0 Å². The molecule has 0 atom stereocenters. The number of alkyl halides is 1. The molecule has 15 heavy (non-hydrogen) atoms. The molecule has 0 aliphatic heterocycles. The van der Waals surface area contributed by atoms with Crippen LogP contribution in [0.3, 0.4) is 0 Å². The summed E-state index contributed by atoms with van der Waals surface area (Å²) in [6, 6.07) is 2.70. The van der Waals surface area contributed by atoms with Crippen LogP contribution in [0.2, 0.25) is 0 Å². The van der Waals surface area contributed by atoms with E-state index in [1.165, 1.54) is 19.2 Å². The van der Waals surface area contributed by atoms with E-state index in [-0.39, 0.29) is 12.0 Å². The molecule has 0 saturated carbocycles. The average Bonchev–Trinajstić information content (AvgIpc) is 2.19. The Morgan fingerprint density at radius 1 is 1.53 bits per heavy atom. The van der Waals surface area contributed by atoms with Crippen LogP contribution in [0.25, 0.3) is 0 Å². The first-order valence-corrected chi connectivity index (χ1v) is 5.33. The summed E-state index contributed by atoms with van der Waals surface area (Å²) in [6.45, 7) is 0. The van der Waals surface area contributed by atoms with Crippen LogP contribution in [-0.2, 0) is 16.5 Å². The van der Waals surface area contributed by atoms with Crippen LogP contribution in [-0.4, -0.2) is 18.2 Å². The summed E-state index contributed by atoms with van der Waals surface area (Å²) in [4.78, 5) is 10.5. The molecule has 1 aromatic rings. The number of carboxylic acid groups (broad SMARTS) is 1. The van der Waals surface area contributed by atoms with Crippen molar-refractivity contribution in [2.45, 2.75) is 11.8 Å². The third-order valence-corrected chi connectivity index (χ3v) is 2.54. The smallest absolute Gasteiger partial charge is 0.307 e. The fourth-order valence-corrected chi connectivity index (χ4v) is 1.68. The maximum Gasteiger partial charge on any atom is 0.307 e. The molecule has 82 valence electrons. The number of hydrogen-bond acceptors (Lipinski definition) is 2. The summed E-state index contributed by atoms with van der Waals surface area (Å²) in [5, 5.41) is 9.06. The fraction of sp³-hybridized carbons (Fsp3) is 0.300. The topological polar surface area (TPSA) is 46.5 Å². The highest BCUT2D eigenvalue weighted by Gasteiger charge is 2.12. The minimum Gasteiger partial charge on any atom is -0.496 e. The first kappa shape index (κ1) is 12.0. The highest BCUT2D eigenvalue weighted by Crippen LogP contribution is 2.25. The Kier molecular flexibility index (Phi) is 4.08. The Balaban J connectivity index is 3.13. The van der Waals surface area contributed by atoms with Crippen LogP contribution >= 0.6 is 15.9 Å². The molecule has 0 amide bonds. The minimum absolute atomic E-state index is 0.165. The summed E-state index contributed by atoms with van der Waals surface area (Å²) in [5.74, 6) is -1.20. The SMILES string of the molecule is COc1cc(F)c(CC(=O)O)cc1CBr. The maximum atomic E-state index is 13.4. The molecular weight excluding hydrogens is 267 g/mol. The van der Waals surface area contributed by atoms with E-state index in [1.54, 1.807) is 0 Å². The lowest BCUT2D eigenvalue weighted by molar-refractivity contribution is -0.136. The zero-order valence-electron chi connectivity index (χ0n) is 8.09. The van der Waals surface area contributed by atoms with Gasteiger partial charge in [-0.15, -0.1) is 0 Å². The Labute approximate surface area is 95.0 Å². The van der Waals surface area contributed by atoms with Gasteiger partial charge in [0.1, 0.15) is 11.6 Å². The second kappa shape index (κ2) is 5.11. The van der Waals surface area contributed by atoms with Crippen molar-refractivity contribution in [1.29, 1.82) is 0 Å². The van der Waals surface area contributed by atoms with Gasteiger partial charge in [-0.1, -0.05) is 15.9 Å². The van der Waals surface area contributed by atoms with E-state index in [4.69, 9.17) is 9.84 Å². The summed E-state index contributed by atoms with van der Waals surface area (Å²) in [7, 11) is 1.44. The standard InChI is InChI=1S/C10H10BrFO3/c1-15-9-4-8(12)6(3-10(13)14)2-7(9)5-11/h2,4H,3,5H2,1H3,(H,13,14). The highest BCUT2D eigenvalue weighted by molar-refractivity contribution is 9.08. The summed E-state index contributed by atoms with van der Waals surface area (Å²) in [5.41, 5.74) is 0.896. The number of rotatable bonds is 4. The van der Waals surface area contributed by atoms with Crippen molar-refractivity contribution in [3.05, 3.63) is 29.1 Å². The summed E-state index contributed by atoms with van der Waals surface area (Å²) in [6.07, 6.45) is -0.324. The quantitative estimate of drug-likeness (QED) is 0.859. The molecule has 0 fully saturated rings. The van der Waals surface area contributed by atoms with E-state index in [0.717, 1.165) is 5.56 Å². The predicted molar refractivity (Wildman–Crippen MR) is 56.9 cm³/mol. The van der Waals surface area contributed by atoms with Gasteiger partial charge in [0.25, 0.3) is 0 Å². The first-order chi connectivity index (χ1) is 7.08. The Morgan fingerprint density at radius 2 is 2.20 bits per heavy atom. The van der Waals surface area contributed by atoms with Gasteiger partial charge in [-0.05, 0) is 11.6 Å². The van der Waals surface area contributed by atoms with Crippen molar-refractivity contribution in [2.24, 2.45) is 0 Å². The summed E-state index contributed by atoms with van der Waals surface area (Å²) < 4.78 is 18.3. The molecule has 0 bridgehead atoms. The lowest BCUT2D eigenvalue weighted by Crippen LogP contribution is -2.04. The molecule has 1 rings (SSSR count). The van der Waals surface area contributed by atoms with Gasteiger partial charge in [0.15, 0.2) is 0 Å². The Morgan fingerprint density at radius 3 is 2.67 bits per heavy atom. The molecule has 0 aliphatic rings. The molecule has 1 N–H and O–H groups in total. The molecule has 0 heterocycles. The van der Waals surface area contributed by atoms with Crippen molar-refractivity contribution in [3.8, 4) is 5.75 Å². The van der Waals surface area contributed by atoms with Crippen molar-refractivity contribution in [3.63, 3.8) is 0 Å². The van der Waals surface area contributed by atoms with Crippen LogP contribution in [0.1, 0.15) is 11.1 Å². The third-order valence-electron chi connectivity index (χ3n) is 1.94. The molecule has 0 radical (unpaired) electrons. The van der Waals surface area contributed by atoms with Crippen LogP contribution < -0.4 is 4.74 Å². The van der Waals surface area contributed by atoms with Crippen LogP contribution in [0.5, 0.6) is 5.75 Å². The molecule has 5 heteroatoms. The average molecular weight is 277 g/mol. The molecule has 0 aromatic heterocycles. The van der Waals surface area contributed by atoms with Gasteiger partial charge in [-0.25, -0.2) is 4.39 Å². The summed E-state index contributed by atoms with van der Waals surface area (Å²) >= 11 is 3.22. The van der Waals surface area contributed by atoms with Crippen molar-refractivity contribution in [2.75, 3.05) is 7.11 Å². The van der Waals surface area contributed by atoms with E-state index < -0.39 is 11.8 Å². The highest BCUT2D eigenvalue weighted by atomic mass is 79.9. The van der Waals surface area contributed by atoms with Gasteiger partial charge >= 0.3 is 5.97 Å². The monoisotopic (exact) mass is 276 g/mol. The molecular formula is C10H10BrFO3. The van der Waals surface area contributed by atoms with E-state index >= 15 is 0 Å². The number of hydrogen-bond donors (Lipinski definition) is 1. The van der Waals surface area contributed by atoms with Crippen LogP contribution in [0, 0.1) is 5.82 Å². The minimum atomic E-state index is -1.06. The fourth-order valence-electron chi connectivity index (χ4n) is 1.24. The predicted octanol–water partition coefficient (Wildman–Crippen LogP) is 2.36. The van der Waals surface area contributed by atoms with Gasteiger partial charge < -0.3 is 9.84 Å². The van der Waals surface area contributed by atoms with Gasteiger partial charge in [-0.3, -0.25) is 4.79 Å². The van der Waals surface area contributed by atoms with Gasteiger partial charge in [-0.2, -0.15) is 0 Å². The number of halogens is 2. The molecule has 1 aromatic carbocycles. The van der Waals surface area contributed by atoms with E-state index in [0.29, 0.717) is 11.1 Å². The van der Waals surface area contributed by atoms with E-state index in [9.17, 15) is 9.18 Å². The second-order valence-electron chi connectivity index (χ2n) is 2.96. The van der Waals surface area contributed by atoms with Crippen molar-refractivity contribution in [1.82, 2.24) is 0 Å². The molecule has 0 aliphatic carbocycles. The number of methoxy groups -OCH3 is 1. The van der Waals surface area contributed by atoms with Gasteiger partial charge in [0.2, 0.25) is 0 Å². The lowest BCUT2D eigenvalue weighted by atomic mass is 10.1. The van der Waals surface area contributed by atoms with Crippen molar-refractivity contribution < 1.29 is 19.0 Å². The lowest BCUT2D eigenvalue weighted by Gasteiger charge is -2.08. The number of ether oxygens (including phenoxy) is 1. The van der Waals surface area contributed by atoms with Crippen LogP contribution in [0.15, 0.2) is 12.1 Å². The largest absolute Gasteiger partial charge is 0.496 e. The number of benzene rings is 1. The van der Waals surface area contributed by atoms with Gasteiger partial charge in [0, 0.05) is 17.0 Å².